The van der Waals surface area contributed by atoms with Crippen LogP contribution < -0.4 is 0 Å². The van der Waals surface area contributed by atoms with Crippen molar-refractivity contribution in [2.45, 2.75) is 12.8 Å². The first-order valence-corrected chi connectivity index (χ1v) is 6.75. The Hall–Kier alpha value is -2.61. The monoisotopic (exact) mass is 284 g/mol. The SMILES string of the molecule is C#CCN(CC1CC1)C(=O)/C=C/c1ccc([N+](=O)[O-])cc1. The van der Waals surface area contributed by atoms with Crippen molar-refractivity contribution in [1.82, 2.24) is 4.90 Å². The van der Waals surface area contributed by atoms with Crippen LogP contribution in [0.3, 0.4) is 0 Å². The van der Waals surface area contributed by atoms with Gasteiger partial charge in [0.15, 0.2) is 0 Å². The molecule has 1 amide bonds. The van der Waals surface area contributed by atoms with Crippen molar-refractivity contribution in [1.29, 1.82) is 0 Å². The molecule has 21 heavy (non-hydrogen) atoms. The standard InChI is InChI=1S/C16H16N2O3/c1-2-11-17(12-14-3-4-14)16(19)10-7-13-5-8-15(9-6-13)18(20)21/h1,5-10,14H,3-4,11-12H2/b10-7+. The van der Waals surface area contributed by atoms with Gasteiger partial charge in [0.1, 0.15) is 0 Å². The molecule has 108 valence electrons. The van der Waals surface area contributed by atoms with Crippen LogP contribution in [0, 0.1) is 28.4 Å². The van der Waals surface area contributed by atoms with Crippen LogP contribution >= 0.6 is 0 Å². The summed E-state index contributed by atoms with van der Waals surface area (Å²) in [6.45, 7) is 1.01. The summed E-state index contributed by atoms with van der Waals surface area (Å²) in [7, 11) is 0. The molecule has 0 atom stereocenters. The Morgan fingerprint density at radius 2 is 2.10 bits per heavy atom. The van der Waals surface area contributed by atoms with Crippen LogP contribution in [0.15, 0.2) is 30.3 Å². The Bertz CT molecular complexity index is 595. The lowest BCUT2D eigenvalue weighted by Gasteiger charge is -2.17. The van der Waals surface area contributed by atoms with Gasteiger partial charge in [-0.1, -0.05) is 5.92 Å². The molecule has 5 nitrogen and oxygen atoms in total. The maximum Gasteiger partial charge on any atom is 0.269 e. The number of nitro groups is 1. The van der Waals surface area contributed by atoms with Crippen LogP contribution in [0.5, 0.6) is 0 Å². The molecule has 0 spiro atoms. The molecule has 0 aromatic heterocycles. The Morgan fingerprint density at radius 1 is 1.43 bits per heavy atom. The highest BCUT2D eigenvalue weighted by molar-refractivity contribution is 5.92. The molecule has 0 unspecified atom stereocenters. The molecular weight excluding hydrogens is 268 g/mol. The quantitative estimate of drug-likeness (QED) is 0.349. The lowest BCUT2D eigenvalue weighted by Crippen LogP contribution is -2.31. The van der Waals surface area contributed by atoms with Crippen molar-refractivity contribution in [2.75, 3.05) is 13.1 Å². The van der Waals surface area contributed by atoms with Crippen LogP contribution in [0.25, 0.3) is 6.08 Å². The topological polar surface area (TPSA) is 63.5 Å². The van der Waals surface area contributed by atoms with E-state index in [1.165, 1.54) is 18.2 Å². The Kier molecular flexibility index (Phi) is 4.72. The number of hydrogen-bond acceptors (Lipinski definition) is 3. The average Bonchev–Trinajstić information content (AvgIpc) is 3.28. The van der Waals surface area contributed by atoms with Gasteiger partial charge in [-0.2, -0.15) is 0 Å². The van der Waals surface area contributed by atoms with Crippen molar-refractivity contribution in [3.05, 3.63) is 46.0 Å². The van der Waals surface area contributed by atoms with Gasteiger partial charge in [-0.25, -0.2) is 0 Å². The summed E-state index contributed by atoms with van der Waals surface area (Å²) in [5, 5.41) is 10.6. The van der Waals surface area contributed by atoms with Crippen molar-refractivity contribution < 1.29 is 9.72 Å². The second kappa shape index (κ2) is 6.71. The molecule has 0 radical (unpaired) electrons. The van der Waals surface area contributed by atoms with Gasteiger partial charge in [-0.3, -0.25) is 14.9 Å². The minimum Gasteiger partial charge on any atom is -0.328 e. The zero-order chi connectivity index (χ0) is 15.2. The van der Waals surface area contributed by atoms with Crippen molar-refractivity contribution in [2.24, 2.45) is 5.92 Å². The lowest BCUT2D eigenvalue weighted by molar-refractivity contribution is -0.384. The van der Waals surface area contributed by atoms with Crippen molar-refractivity contribution in [3.63, 3.8) is 0 Å². The van der Waals surface area contributed by atoms with E-state index in [1.807, 2.05) is 0 Å². The minimum absolute atomic E-state index is 0.0289. The van der Waals surface area contributed by atoms with Gasteiger partial charge >= 0.3 is 0 Å². The summed E-state index contributed by atoms with van der Waals surface area (Å²) in [5.74, 6) is 2.95. The average molecular weight is 284 g/mol. The second-order valence-corrected chi connectivity index (χ2v) is 5.05. The van der Waals surface area contributed by atoms with E-state index in [0.717, 1.165) is 18.4 Å². The first-order chi connectivity index (χ1) is 10.1. The van der Waals surface area contributed by atoms with Crippen molar-refractivity contribution >= 4 is 17.7 Å². The largest absolute Gasteiger partial charge is 0.328 e. The molecule has 5 heteroatoms. The van der Waals surface area contributed by atoms with Gasteiger partial charge in [0.25, 0.3) is 5.69 Å². The fourth-order valence-electron chi connectivity index (χ4n) is 1.93. The first-order valence-electron chi connectivity index (χ1n) is 6.75. The van der Waals surface area contributed by atoms with Crippen LogP contribution in [0.4, 0.5) is 5.69 Å². The van der Waals surface area contributed by atoms with E-state index >= 15 is 0 Å². The number of nitro benzene ring substituents is 1. The number of rotatable bonds is 6. The number of carbonyl (C=O) groups excluding carboxylic acids is 1. The molecule has 0 heterocycles. The molecule has 1 aliphatic rings. The molecule has 1 aromatic carbocycles. The molecule has 1 aliphatic carbocycles. The number of carbonyl (C=O) groups is 1. The van der Waals surface area contributed by atoms with Gasteiger partial charge in [0.2, 0.25) is 5.91 Å². The normalized spacial score (nSPS) is 13.9. The van der Waals surface area contributed by atoms with Gasteiger partial charge in [0.05, 0.1) is 11.5 Å². The number of nitrogens with zero attached hydrogens (tertiary/aromatic N) is 2. The van der Waals surface area contributed by atoms with Gasteiger partial charge in [0, 0.05) is 24.8 Å². The Balaban J connectivity index is 1.99. The summed E-state index contributed by atoms with van der Waals surface area (Å²) >= 11 is 0. The molecule has 1 fully saturated rings. The number of benzene rings is 1. The van der Waals surface area contributed by atoms with Crippen LogP contribution in [0.2, 0.25) is 0 Å². The van der Waals surface area contributed by atoms with Crippen LogP contribution in [0.1, 0.15) is 18.4 Å². The highest BCUT2D eigenvalue weighted by atomic mass is 16.6. The maximum atomic E-state index is 12.1. The Morgan fingerprint density at radius 3 is 2.62 bits per heavy atom. The van der Waals surface area contributed by atoms with Crippen LogP contribution in [-0.4, -0.2) is 28.8 Å². The lowest BCUT2D eigenvalue weighted by atomic mass is 10.2. The first kappa shape index (κ1) is 14.8. The van der Waals surface area contributed by atoms with E-state index in [9.17, 15) is 14.9 Å². The third kappa shape index (κ3) is 4.46. The predicted octanol–water partition coefficient (Wildman–Crippen LogP) is 2.48. The van der Waals surface area contributed by atoms with E-state index in [1.54, 1.807) is 23.1 Å². The molecule has 0 N–H and O–H groups in total. The fourth-order valence-corrected chi connectivity index (χ4v) is 1.93. The van der Waals surface area contributed by atoms with Crippen LogP contribution in [-0.2, 0) is 4.79 Å². The summed E-state index contributed by atoms with van der Waals surface area (Å²) in [4.78, 5) is 23.8. The number of hydrogen-bond donors (Lipinski definition) is 0. The third-order valence-corrected chi connectivity index (χ3v) is 3.29. The van der Waals surface area contributed by atoms with Gasteiger partial charge < -0.3 is 4.90 Å². The van der Waals surface area contributed by atoms with E-state index < -0.39 is 4.92 Å². The predicted molar refractivity (Wildman–Crippen MR) is 80.3 cm³/mol. The van der Waals surface area contributed by atoms with Gasteiger partial charge in [-0.15, -0.1) is 6.42 Å². The van der Waals surface area contributed by atoms with E-state index in [-0.39, 0.29) is 11.6 Å². The Labute approximate surface area is 123 Å². The summed E-state index contributed by atoms with van der Waals surface area (Å²) in [6.07, 6.45) is 10.7. The zero-order valence-corrected chi connectivity index (χ0v) is 11.6. The van der Waals surface area contributed by atoms with E-state index in [4.69, 9.17) is 6.42 Å². The second-order valence-electron chi connectivity index (χ2n) is 5.05. The fraction of sp³-hybridized carbons (Fsp3) is 0.312. The minimum atomic E-state index is -0.455. The maximum absolute atomic E-state index is 12.1. The highest BCUT2D eigenvalue weighted by Crippen LogP contribution is 2.29. The molecule has 0 saturated heterocycles. The van der Waals surface area contributed by atoms with Gasteiger partial charge in [-0.05, 0) is 42.5 Å². The summed E-state index contributed by atoms with van der Waals surface area (Å²) in [6, 6.07) is 6.03. The molecule has 0 aliphatic heterocycles. The molecule has 2 rings (SSSR count). The number of amides is 1. The number of terminal acetylenes is 1. The molecule has 1 saturated carbocycles. The summed E-state index contributed by atoms with van der Waals surface area (Å²) < 4.78 is 0. The number of non-ortho nitro benzene ring substituents is 1. The highest BCUT2D eigenvalue weighted by Gasteiger charge is 2.25. The molecule has 1 aromatic rings. The smallest absolute Gasteiger partial charge is 0.269 e. The third-order valence-electron chi connectivity index (χ3n) is 3.29. The van der Waals surface area contributed by atoms with Crippen molar-refractivity contribution in [3.8, 4) is 12.3 Å². The molecular formula is C16H16N2O3. The van der Waals surface area contributed by atoms with E-state index in [2.05, 4.69) is 5.92 Å². The zero-order valence-electron chi connectivity index (χ0n) is 11.6. The summed E-state index contributed by atoms with van der Waals surface area (Å²) in [5.41, 5.74) is 0.766. The molecule has 0 bridgehead atoms. The van der Waals surface area contributed by atoms with E-state index in [0.29, 0.717) is 19.0 Å².